The van der Waals surface area contributed by atoms with Crippen molar-refractivity contribution in [2.24, 2.45) is 0 Å². The van der Waals surface area contributed by atoms with Crippen LogP contribution in [0, 0.1) is 0 Å². The maximum Gasteiger partial charge on any atom is 0.336 e. The summed E-state index contributed by atoms with van der Waals surface area (Å²) in [5.41, 5.74) is -0.0645. The number of rotatable bonds is 5. The van der Waals surface area contributed by atoms with Gasteiger partial charge in [0.05, 0.1) is 19.8 Å². The highest BCUT2D eigenvalue weighted by Crippen LogP contribution is 2.19. The minimum Gasteiger partial charge on any atom is -0.484 e. The van der Waals surface area contributed by atoms with E-state index in [9.17, 15) is 14.4 Å². The molecule has 1 aliphatic heterocycles. The zero-order valence-corrected chi connectivity index (χ0v) is 14.5. The van der Waals surface area contributed by atoms with Crippen molar-refractivity contribution in [2.45, 2.75) is 0 Å². The van der Waals surface area contributed by atoms with Crippen LogP contribution in [0.1, 0.15) is 0 Å². The van der Waals surface area contributed by atoms with Crippen LogP contribution in [0.2, 0.25) is 0 Å². The summed E-state index contributed by atoms with van der Waals surface area (Å²) < 4.78 is 15.8. The molecule has 1 aliphatic rings. The second-order valence-corrected chi connectivity index (χ2v) is 5.99. The van der Waals surface area contributed by atoms with Crippen molar-refractivity contribution in [1.82, 2.24) is 9.80 Å². The summed E-state index contributed by atoms with van der Waals surface area (Å²) in [6, 6.07) is 7.98. The van der Waals surface area contributed by atoms with Gasteiger partial charge in [0, 0.05) is 37.7 Å². The molecular formula is C18H20N2O6. The first-order valence-electron chi connectivity index (χ1n) is 8.29. The Labute approximate surface area is 149 Å². The van der Waals surface area contributed by atoms with E-state index in [0.29, 0.717) is 37.6 Å². The first kappa shape index (κ1) is 17.9. The van der Waals surface area contributed by atoms with Gasteiger partial charge in [-0.15, -0.1) is 0 Å². The number of nitrogens with zero attached hydrogens (tertiary/aromatic N) is 2. The van der Waals surface area contributed by atoms with Gasteiger partial charge in [-0.2, -0.15) is 0 Å². The summed E-state index contributed by atoms with van der Waals surface area (Å²) in [6.07, 6.45) is 0. The largest absolute Gasteiger partial charge is 0.484 e. The van der Waals surface area contributed by atoms with Crippen molar-refractivity contribution in [2.75, 3.05) is 46.5 Å². The molecule has 0 radical (unpaired) electrons. The van der Waals surface area contributed by atoms with Gasteiger partial charge in [0.25, 0.3) is 5.91 Å². The van der Waals surface area contributed by atoms with E-state index in [1.54, 1.807) is 36.2 Å². The van der Waals surface area contributed by atoms with Gasteiger partial charge in [0.1, 0.15) is 11.3 Å². The Morgan fingerprint density at radius 1 is 1.19 bits per heavy atom. The van der Waals surface area contributed by atoms with Gasteiger partial charge >= 0.3 is 5.63 Å². The van der Waals surface area contributed by atoms with E-state index < -0.39 is 5.63 Å². The summed E-state index contributed by atoms with van der Waals surface area (Å²) in [5, 5.41) is 0.761. The predicted molar refractivity (Wildman–Crippen MR) is 93.0 cm³/mol. The summed E-state index contributed by atoms with van der Waals surface area (Å²) in [5.74, 6) is -0.0223. The predicted octanol–water partition coefficient (Wildman–Crippen LogP) is 0.489. The Morgan fingerprint density at radius 2 is 1.92 bits per heavy atom. The highest BCUT2D eigenvalue weighted by atomic mass is 16.5. The fourth-order valence-electron chi connectivity index (χ4n) is 2.59. The molecule has 0 aliphatic carbocycles. The fraction of sp³-hybridized carbons (Fsp3) is 0.389. The molecular weight excluding hydrogens is 340 g/mol. The zero-order chi connectivity index (χ0) is 18.5. The topological polar surface area (TPSA) is 89.3 Å². The van der Waals surface area contributed by atoms with Crippen LogP contribution in [0.4, 0.5) is 0 Å². The van der Waals surface area contributed by atoms with Crippen LogP contribution >= 0.6 is 0 Å². The number of hydrogen-bond donors (Lipinski definition) is 0. The molecule has 138 valence electrons. The first-order chi connectivity index (χ1) is 12.5. The Morgan fingerprint density at radius 3 is 2.69 bits per heavy atom. The molecule has 1 aromatic heterocycles. The molecule has 1 aromatic carbocycles. The van der Waals surface area contributed by atoms with Gasteiger partial charge in [-0.1, -0.05) is 0 Å². The third kappa shape index (κ3) is 4.40. The van der Waals surface area contributed by atoms with E-state index in [4.69, 9.17) is 13.9 Å². The molecule has 26 heavy (non-hydrogen) atoms. The normalized spacial score (nSPS) is 14.3. The number of carbonyl (C=O) groups is 2. The molecule has 3 rings (SSSR count). The third-order valence-electron chi connectivity index (χ3n) is 4.12. The van der Waals surface area contributed by atoms with Crippen LogP contribution in [0.5, 0.6) is 5.75 Å². The number of morpholine rings is 1. The quantitative estimate of drug-likeness (QED) is 0.721. The van der Waals surface area contributed by atoms with Gasteiger partial charge in [-0.3, -0.25) is 9.59 Å². The summed E-state index contributed by atoms with van der Waals surface area (Å²) >= 11 is 0. The lowest BCUT2D eigenvalue weighted by Crippen LogP contribution is -2.46. The van der Waals surface area contributed by atoms with Gasteiger partial charge < -0.3 is 23.7 Å². The molecule has 2 amide bonds. The van der Waals surface area contributed by atoms with Gasteiger partial charge in [0.15, 0.2) is 6.61 Å². The average Bonchev–Trinajstić information content (AvgIpc) is 2.66. The smallest absolute Gasteiger partial charge is 0.336 e. The highest BCUT2D eigenvalue weighted by Gasteiger charge is 2.20. The maximum atomic E-state index is 12.2. The number of ether oxygens (including phenoxy) is 2. The standard InChI is InChI=1S/C18H20N2O6/c1-19(11-16(21)20-6-8-24-9-7-20)17(22)12-25-14-4-2-13-3-5-18(23)26-15(13)10-14/h2-5,10H,6-9,11-12H2,1H3. The number of hydrogen-bond acceptors (Lipinski definition) is 6. The minimum absolute atomic E-state index is 0.00517. The van der Waals surface area contributed by atoms with Crippen LogP contribution in [0.15, 0.2) is 39.5 Å². The summed E-state index contributed by atoms with van der Waals surface area (Å²) in [6.45, 7) is 1.90. The maximum absolute atomic E-state index is 12.2. The fourth-order valence-corrected chi connectivity index (χ4v) is 2.59. The minimum atomic E-state index is -0.452. The van der Waals surface area contributed by atoms with E-state index in [1.807, 2.05) is 0 Å². The van der Waals surface area contributed by atoms with Crippen molar-refractivity contribution >= 4 is 22.8 Å². The zero-order valence-electron chi connectivity index (χ0n) is 14.5. The Hall–Kier alpha value is -2.87. The van der Waals surface area contributed by atoms with Crippen molar-refractivity contribution in [3.05, 3.63) is 40.8 Å². The first-order valence-corrected chi connectivity index (χ1v) is 8.29. The van der Waals surface area contributed by atoms with E-state index in [0.717, 1.165) is 5.39 Å². The lowest BCUT2D eigenvalue weighted by atomic mass is 10.2. The summed E-state index contributed by atoms with van der Waals surface area (Å²) in [4.78, 5) is 38.6. The van der Waals surface area contributed by atoms with Crippen molar-refractivity contribution in [3.8, 4) is 5.75 Å². The number of carbonyl (C=O) groups excluding carboxylic acids is 2. The molecule has 0 saturated carbocycles. The van der Waals surface area contributed by atoms with Crippen molar-refractivity contribution < 1.29 is 23.5 Å². The van der Waals surface area contributed by atoms with E-state index in [2.05, 4.69) is 0 Å². The SMILES string of the molecule is CN(CC(=O)N1CCOCC1)C(=O)COc1ccc2ccc(=O)oc2c1. The Bertz CT molecular complexity index is 856. The van der Waals surface area contributed by atoms with Crippen LogP contribution < -0.4 is 10.4 Å². The number of benzene rings is 1. The van der Waals surface area contributed by atoms with E-state index in [1.165, 1.54) is 11.0 Å². The molecule has 1 fully saturated rings. The van der Waals surface area contributed by atoms with E-state index >= 15 is 0 Å². The molecule has 0 atom stereocenters. The molecule has 0 spiro atoms. The average molecular weight is 360 g/mol. The number of amides is 2. The van der Waals surface area contributed by atoms with Crippen LogP contribution in [0.3, 0.4) is 0 Å². The second kappa shape index (κ2) is 8.01. The second-order valence-electron chi connectivity index (χ2n) is 5.99. The van der Waals surface area contributed by atoms with Gasteiger partial charge in [-0.25, -0.2) is 4.79 Å². The van der Waals surface area contributed by atoms with Gasteiger partial charge in [0.2, 0.25) is 5.91 Å². The van der Waals surface area contributed by atoms with E-state index in [-0.39, 0.29) is 25.0 Å². The molecule has 0 N–H and O–H groups in total. The van der Waals surface area contributed by atoms with Gasteiger partial charge in [-0.05, 0) is 18.2 Å². The lowest BCUT2D eigenvalue weighted by Gasteiger charge is -2.28. The number of likely N-dealkylation sites (N-methyl/N-ethyl adjacent to an activating group) is 1. The monoisotopic (exact) mass is 360 g/mol. The number of fused-ring (bicyclic) bond motifs is 1. The van der Waals surface area contributed by atoms with Crippen LogP contribution in [0.25, 0.3) is 11.0 Å². The highest BCUT2D eigenvalue weighted by molar-refractivity contribution is 5.85. The molecule has 0 unspecified atom stereocenters. The van der Waals surface area contributed by atoms with Crippen molar-refractivity contribution in [1.29, 1.82) is 0 Å². The Balaban J connectivity index is 1.54. The summed E-state index contributed by atoms with van der Waals surface area (Å²) in [7, 11) is 1.56. The molecule has 8 heteroatoms. The van der Waals surface area contributed by atoms with Crippen LogP contribution in [-0.4, -0.2) is 68.1 Å². The lowest BCUT2D eigenvalue weighted by molar-refractivity contribution is -0.142. The molecule has 0 bridgehead atoms. The molecule has 2 aromatic rings. The molecule has 8 nitrogen and oxygen atoms in total. The van der Waals surface area contributed by atoms with Crippen molar-refractivity contribution in [3.63, 3.8) is 0 Å². The van der Waals surface area contributed by atoms with Crippen LogP contribution in [-0.2, 0) is 14.3 Å². The molecule has 1 saturated heterocycles. The third-order valence-corrected chi connectivity index (χ3v) is 4.12. The molecule has 2 heterocycles. The Kier molecular flexibility index (Phi) is 5.52.